The number of carbonyl (C=O) groups excluding carboxylic acids is 1. The molecule has 0 spiro atoms. The number of hydrogen-bond acceptors (Lipinski definition) is 2. The maximum Gasteiger partial charge on any atom is 0.329 e. The Hall–Kier alpha value is -2.30. The van der Waals surface area contributed by atoms with Gasteiger partial charge in [-0.15, -0.1) is 0 Å². The summed E-state index contributed by atoms with van der Waals surface area (Å²) < 4.78 is 0. The van der Waals surface area contributed by atoms with Gasteiger partial charge in [-0.1, -0.05) is 37.5 Å². The van der Waals surface area contributed by atoms with E-state index in [1.54, 1.807) is 6.07 Å². The van der Waals surface area contributed by atoms with Crippen molar-refractivity contribution in [3.05, 3.63) is 36.0 Å². The lowest BCUT2D eigenvalue weighted by Crippen LogP contribution is -2.55. The third-order valence-corrected chi connectivity index (χ3v) is 4.24. The predicted molar refractivity (Wildman–Crippen MR) is 79.2 cm³/mol. The minimum atomic E-state index is -1.12. The number of para-hydroxylation sites is 1. The Balaban J connectivity index is 1.85. The Labute approximate surface area is 122 Å². The second-order valence-electron chi connectivity index (χ2n) is 5.67. The number of hydrogen-bond donors (Lipinski definition) is 3. The number of benzene rings is 1. The number of aromatic nitrogens is 1. The summed E-state index contributed by atoms with van der Waals surface area (Å²) in [4.78, 5) is 27.0. The van der Waals surface area contributed by atoms with Gasteiger partial charge in [0, 0.05) is 10.9 Å². The van der Waals surface area contributed by atoms with Gasteiger partial charge in [0.1, 0.15) is 11.2 Å². The fraction of sp³-hybridized carbons (Fsp3) is 0.375. The normalized spacial score (nSPS) is 17.5. The molecule has 0 saturated heterocycles. The molecular formula is C16H18N2O3. The van der Waals surface area contributed by atoms with Crippen LogP contribution in [0.5, 0.6) is 0 Å². The fourth-order valence-corrected chi connectivity index (χ4v) is 3.03. The van der Waals surface area contributed by atoms with Crippen molar-refractivity contribution in [3.63, 3.8) is 0 Å². The van der Waals surface area contributed by atoms with Crippen LogP contribution in [-0.4, -0.2) is 27.5 Å². The molecule has 1 amide bonds. The van der Waals surface area contributed by atoms with Crippen molar-refractivity contribution in [2.24, 2.45) is 0 Å². The van der Waals surface area contributed by atoms with Crippen LogP contribution in [0.25, 0.3) is 10.9 Å². The number of fused-ring (bicyclic) bond motifs is 1. The van der Waals surface area contributed by atoms with Crippen molar-refractivity contribution in [1.29, 1.82) is 0 Å². The number of nitrogens with one attached hydrogen (secondary N) is 2. The van der Waals surface area contributed by atoms with E-state index in [0.29, 0.717) is 18.5 Å². The van der Waals surface area contributed by atoms with E-state index in [1.165, 1.54) is 0 Å². The second-order valence-corrected chi connectivity index (χ2v) is 5.67. The topological polar surface area (TPSA) is 82.2 Å². The minimum Gasteiger partial charge on any atom is -0.480 e. The van der Waals surface area contributed by atoms with Gasteiger partial charge in [-0.05, 0) is 25.0 Å². The first-order chi connectivity index (χ1) is 10.1. The highest BCUT2D eigenvalue weighted by Crippen LogP contribution is 2.29. The van der Waals surface area contributed by atoms with Crippen LogP contribution >= 0.6 is 0 Å². The molecule has 5 nitrogen and oxygen atoms in total. The Morgan fingerprint density at radius 3 is 2.52 bits per heavy atom. The van der Waals surface area contributed by atoms with Gasteiger partial charge in [0.25, 0.3) is 5.91 Å². The van der Waals surface area contributed by atoms with Crippen LogP contribution in [-0.2, 0) is 4.79 Å². The quantitative estimate of drug-likeness (QED) is 0.811. The molecular weight excluding hydrogens is 268 g/mol. The number of rotatable bonds is 3. The number of carbonyl (C=O) groups is 2. The van der Waals surface area contributed by atoms with Gasteiger partial charge in [-0.25, -0.2) is 4.79 Å². The zero-order valence-corrected chi connectivity index (χ0v) is 11.7. The van der Waals surface area contributed by atoms with Crippen molar-refractivity contribution < 1.29 is 14.7 Å². The molecule has 0 radical (unpaired) electrons. The van der Waals surface area contributed by atoms with Gasteiger partial charge in [0.15, 0.2) is 0 Å². The van der Waals surface area contributed by atoms with E-state index in [1.807, 2.05) is 24.3 Å². The molecule has 3 rings (SSSR count). The lowest BCUT2D eigenvalue weighted by atomic mass is 9.81. The van der Waals surface area contributed by atoms with Gasteiger partial charge in [-0.3, -0.25) is 4.79 Å². The summed E-state index contributed by atoms with van der Waals surface area (Å²) in [5, 5.41) is 13.2. The largest absolute Gasteiger partial charge is 0.480 e. The van der Waals surface area contributed by atoms with Crippen LogP contribution in [0.3, 0.4) is 0 Å². The molecule has 5 heteroatoms. The first kappa shape index (κ1) is 13.7. The number of carboxylic acids is 1. The van der Waals surface area contributed by atoms with Crippen molar-refractivity contribution in [2.75, 3.05) is 0 Å². The van der Waals surface area contributed by atoms with Crippen LogP contribution in [0.1, 0.15) is 42.6 Å². The van der Waals surface area contributed by atoms with Crippen LogP contribution in [0.15, 0.2) is 30.3 Å². The molecule has 0 aliphatic heterocycles. The molecule has 21 heavy (non-hydrogen) atoms. The smallest absolute Gasteiger partial charge is 0.329 e. The van der Waals surface area contributed by atoms with Gasteiger partial charge < -0.3 is 15.4 Å². The Bertz CT molecular complexity index is 651. The summed E-state index contributed by atoms with van der Waals surface area (Å²) in [7, 11) is 0. The monoisotopic (exact) mass is 286 g/mol. The summed E-state index contributed by atoms with van der Waals surface area (Å²) in [5.74, 6) is -1.29. The maximum absolute atomic E-state index is 12.4. The average Bonchev–Trinajstić information content (AvgIpc) is 2.92. The van der Waals surface area contributed by atoms with E-state index in [9.17, 15) is 14.7 Å². The molecule has 1 aliphatic carbocycles. The van der Waals surface area contributed by atoms with Gasteiger partial charge in [0.2, 0.25) is 0 Å². The molecule has 1 aromatic heterocycles. The molecule has 1 aromatic carbocycles. The second kappa shape index (κ2) is 5.24. The number of H-pyrrole nitrogens is 1. The molecule has 1 aliphatic rings. The van der Waals surface area contributed by atoms with Crippen LogP contribution in [0.2, 0.25) is 0 Å². The first-order valence-electron chi connectivity index (χ1n) is 7.24. The van der Waals surface area contributed by atoms with E-state index >= 15 is 0 Å². The third-order valence-electron chi connectivity index (χ3n) is 4.24. The third kappa shape index (κ3) is 2.51. The van der Waals surface area contributed by atoms with Crippen molar-refractivity contribution in [3.8, 4) is 0 Å². The fourth-order valence-electron chi connectivity index (χ4n) is 3.03. The van der Waals surface area contributed by atoms with E-state index < -0.39 is 11.5 Å². The molecule has 0 unspecified atom stereocenters. The van der Waals surface area contributed by atoms with Gasteiger partial charge >= 0.3 is 5.97 Å². The van der Waals surface area contributed by atoms with Gasteiger partial charge in [0.05, 0.1) is 0 Å². The highest BCUT2D eigenvalue weighted by atomic mass is 16.4. The number of amides is 1. The molecule has 0 bridgehead atoms. The zero-order chi connectivity index (χ0) is 14.9. The van der Waals surface area contributed by atoms with E-state index in [0.717, 1.165) is 30.2 Å². The first-order valence-corrected chi connectivity index (χ1v) is 7.24. The molecule has 1 fully saturated rings. The Morgan fingerprint density at radius 1 is 1.14 bits per heavy atom. The zero-order valence-electron chi connectivity index (χ0n) is 11.7. The van der Waals surface area contributed by atoms with Crippen molar-refractivity contribution in [2.45, 2.75) is 37.6 Å². The highest BCUT2D eigenvalue weighted by Gasteiger charge is 2.41. The lowest BCUT2D eigenvalue weighted by molar-refractivity contribution is -0.145. The molecule has 1 saturated carbocycles. The Morgan fingerprint density at radius 2 is 1.86 bits per heavy atom. The summed E-state index contributed by atoms with van der Waals surface area (Å²) in [6.07, 6.45) is 3.68. The Kier molecular flexibility index (Phi) is 3.41. The lowest BCUT2D eigenvalue weighted by Gasteiger charge is -2.33. The average molecular weight is 286 g/mol. The molecule has 2 aromatic rings. The SMILES string of the molecule is O=C(NC1(C(=O)O)CCCCC1)c1cc2ccccc2[nH]1. The van der Waals surface area contributed by atoms with Crippen molar-refractivity contribution in [1.82, 2.24) is 10.3 Å². The van der Waals surface area contributed by atoms with Crippen molar-refractivity contribution >= 4 is 22.8 Å². The molecule has 1 heterocycles. The summed E-state index contributed by atoms with van der Waals surface area (Å²) in [5.41, 5.74) is 0.158. The van der Waals surface area contributed by atoms with Gasteiger partial charge in [-0.2, -0.15) is 0 Å². The van der Waals surface area contributed by atoms with E-state index in [2.05, 4.69) is 10.3 Å². The maximum atomic E-state index is 12.4. The number of carboxylic acid groups (broad SMARTS) is 1. The molecule has 110 valence electrons. The minimum absolute atomic E-state index is 0.351. The molecule has 3 N–H and O–H groups in total. The van der Waals surface area contributed by atoms with E-state index in [4.69, 9.17) is 0 Å². The van der Waals surface area contributed by atoms with E-state index in [-0.39, 0.29) is 5.91 Å². The molecule has 0 atom stereocenters. The summed E-state index contributed by atoms with van der Waals surface area (Å²) >= 11 is 0. The standard InChI is InChI=1S/C16H18N2O3/c19-14(13-10-11-6-2-3-7-12(11)17-13)18-16(15(20)21)8-4-1-5-9-16/h2-3,6-7,10,17H,1,4-5,8-9H2,(H,18,19)(H,20,21). The predicted octanol–water partition coefficient (Wildman–Crippen LogP) is 2.69. The summed E-state index contributed by atoms with van der Waals surface area (Å²) in [6, 6.07) is 9.34. The number of aliphatic carboxylic acids is 1. The summed E-state index contributed by atoms with van der Waals surface area (Å²) in [6.45, 7) is 0. The van der Waals surface area contributed by atoms with Crippen LogP contribution < -0.4 is 5.32 Å². The van der Waals surface area contributed by atoms with Crippen LogP contribution in [0, 0.1) is 0 Å². The number of aromatic amines is 1. The highest BCUT2D eigenvalue weighted by molar-refractivity contribution is 6.00. The van der Waals surface area contributed by atoms with Crippen LogP contribution in [0.4, 0.5) is 0 Å².